The van der Waals surface area contributed by atoms with Crippen molar-refractivity contribution in [1.29, 1.82) is 0 Å². The van der Waals surface area contributed by atoms with Crippen molar-refractivity contribution >= 4 is 17.8 Å². The Labute approximate surface area is 211 Å². The molecule has 4 amide bonds. The Balaban J connectivity index is 1.26. The van der Waals surface area contributed by atoms with Gasteiger partial charge in [0.15, 0.2) is 0 Å². The van der Waals surface area contributed by atoms with Crippen molar-refractivity contribution < 1.29 is 14.4 Å². The van der Waals surface area contributed by atoms with Crippen LogP contribution in [-0.2, 0) is 22.7 Å². The lowest BCUT2D eigenvalue weighted by molar-refractivity contribution is -0.138. The fourth-order valence-corrected chi connectivity index (χ4v) is 4.92. The first kappa shape index (κ1) is 23.8. The van der Waals surface area contributed by atoms with Crippen molar-refractivity contribution in [3.8, 4) is 0 Å². The van der Waals surface area contributed by atoms with Gasteiger partial charge in [-0.05, 0) is 16.7 Å². The van der Waals surface area contributed by atoms with Gasteiger partial charge in [-0.1, -0.05) is 91.0 Å². The van der Waals surface area contributed by atoms with E-state index in [0.29, 0.717) is 19.6 Å². The topological polar surface area (TPSA) is 64.2 Å². The predicted molar refractivity (Wildman–Crippen MR) is 137 cm³/mol. The highest BCUT2D eigenvalue weighted by molar-refractivity contribution is 6.06. The summed E-state index contributed by atoms with van der Waals surface area (Å²) < 4.78 is 0. The van der Waals surface area contributed by atoms with Crippen molar-refractivity contribution in [2.75, 3.05) is 32.7 Å². The summed E-state index contributed by atoms with van der Waals surface area (Å²) in [6.07, 6.45) is 0. The van der Waals surface area contributed by atoms with E-state index in [1.54, 1.807) is 9.80 Å². The molecule has 1 unspecified atom stereocenters. The van der Waals surface area contributed by atoms with Crippen LogP contribution >= 0.6 is 0 Å². The number of imide groups is 1. The summed E-state index contributed by atoms with van der Waals surface area (Å²) in [5.41, 5.74) is 2.93. The van der Waals surface area contributed by atoms with E-state index in [2.05, 4.69) is 17.0 Å². The van der Waals surface area contributed by atoms with E-state index in [0.717, 1.165) is 35.7 Å². The molecule has 0 aromatic heterocycles. The summed E-state index contributed by atoms with van der Waals surface area (Å²) >= 11 is 0. The van der Waals surface area contributed by atoms with Gasteiger partial charge in [0, 0.05) is 39.3 Å². The highest BCUT2D eigenvalue weighted by atomic mass is 16.2. The van der Waals surface area contributed by atoms with Crippen LogP contribution in [0.4, 0.5) is 4.79 Å². The molecule has 1 atom stereocenters. The molecule has 2 aliphatic rings. The molecule has 184 valence electrons. The van der Waals surface area contributed by atoms with Crippen molar-refractivity contribution in [1.82, 2.24) is 19.6 Å². The summed E-state index contributed by atoms with van der Waals surface area (Å²) in [5.74, 6) is -0.539. The largest absolute Gasteiger partial charge is 0.339 e. The number of urea groups is 1. The Morgan fingerprint density at radius 3 is 1.81 bits per heavy atom. The fraction of sp³-hybridized carbons (Fsp3) is 0.276. The number of rotatable bonds is 7. The van der Waals surface area contributed by atoms with Crippen molar-refractivity contribution in [3.05, 3.63) is 108 Å². The minimum atomic E-state index is -0.741. The van der Waals surface area contributed by atoms with Gasteiger partial charge in [0.05, 0.1) is 0 Å². The molecule has 7 heteroatoms. The third-order valence-electron chi connectivity index (χ3n) is 6.87. The molecule has 2 aliphatic heterocycles. The molecule has 0 N–H and O–H groups in total. The lowest BCUT2D eigenvalue weighted by atomic mass is 10.1. The van der Waals surface area contributed by atoms with E-state index in [9.17, 15) is 14.4 Å². The second-order valence-electron chi connectivity index (χ2n) is 9.28. The molecule has 7 nitrogen and oxygen atoms in total. The maximum atomic E-state index is 13.5. The van der Waals surface area contributed by atoms with Crippen LogP contribution in [0.2, 0.25) is 0 Å². The zero-order valence-electron chi connectivity index (χ0n) is 20.2. The average Bonchev–Trinajstić information content (AvgIpc) is 3.15. The fourth-order valence-electron chi connectivity index (χ4n) is 4.92. The van der Waals surface area contributed by atoms with Crippen LogP contribution < -0.4 is 0 Å². The van der Waals surface area contributed by atoms with Crippen LogP contribution in [0.25, 0.3) is 0 Å². The monoisotopic (exact) mass is 482 g/mol. The van der Waals surface area contributed by atoms with Crippen LogP contribution in [0.5, 0.6) is 0 Å². The zero-order chi connectivity index (χ0) is 24.9. The van der Waals surface area contributed by atoms with Crippen LogP contribution in [-0.4, -0.2) is 70.2 Å². The molecule has 3 aromatic rings. The molecule has 36 heavy (non-hydrogen) atoms. The molecular formula is C29H30N4O3. The first-order chi connectivity index (χ1) is 17.6. The Kier molecular flexibility index (Phi) is 7.09. The Bertz CT molecular complexity index is 1190. The lowest BCUT2D eigenvalue weighted by Crippen LogP contribution is -2.51. The van der Waals surface area contributed by atoms with Gasteiger partial charge >= 0.3 is 6.03 Å². The van der Waals surface area contributed by atoms with Gasteiger partial charge in [0.2, 0.25) is 5.91 Å². The predicted octanol–water partition coefficient (Wildman–Crippen LogP) is 3.54. The summed E-state index contributed by atoms with van der Waals surface area (Å²) in [5, 5.41) is 0. The van der Waals surface area contributed by atoms with Crippen LogP contribution in [0.15, 0.2) is 91.0 Å². The number of hydrogen-bond acceptors (Lipinski definition) is 4. The van der Waals surface area contributed by atoms with E-state index < -0.39 is 12.1 Å². The molecule has 2 saturated heterocycles. The molecular weight excluding hydrogens is 452 g/mol. The summed E-state index contributed by atoms with van der Waals surface area (Å²) in [7, 11) is 0. The quantitative estimate of drug-likeness (QED) is 0.484. The third-order valence-corrected chi connectivity index (χ3v) is 6.87. The minimum Gasteiger partial charge on any atom is -0.339 e. The Hall–Kier alpha value is -3.97. The Morgan fingerprint density at radius 1 is 0.694 bits per heavy atom. The van der Waals surface area contributed by atoms with Crippen LogP contribution in [0, 0.1) is 0 Å². The maximum Gasteiger partial charge on any atom is 0.328 e. The Morgan fingerprint density at radius 2 is 1.22 bits per heavy atom. The first-order valence-corrected chi connectivity index (χ1v) is 12.3. The standard InChI is InChI=1S/C29H30N4O3/c34-26(31-18-16-30(17-19-31)20-23-10-4-1-5-11-23)22-33-28(35)27(25-14-8-3-9-15-25)32(29(33)36)21-24-12-6-2-7-13-24/h1-15,27H,16-22H2. The molecule has 3 aromatic carbocycles. The van der Waals surface area contributed by atoms with Crippen LogP contribution in [0.3, 0.4) is 0 Å². The number of benzene rings is 3. The second kappa shape index (κ2) is 10.7. The number of carbonyl (C=O) groups excluding carboxylic acids is 3. The van der Waals surface area contributed by atoms with Gasteiger partial charge in [-0.15, -0.1) is 0 Å². The van der Waals surface area contributed by atoms with E-state index in [1.807, 2.05) is 78.9 Å². The van der Waals surface area contributed by atoms with E-state index in [-0.39, 0.29) is 18.4 Å². The van der Waals surface area contributed by atoms with Gasteiger partial charge in [-0.3, -0.25) is 19.4 Å². The highest BCUT2D eigenvalue weighted by Gasteiger charge is 2.46. The van der Waals surface area contributed by atoms with Crippen molar-refractivity contribution in [2.24, 2.45) is 0 Å². The maximum absolute atomic E-state index is 13.5. The van der Waals surface area contributed by atoms with Gasteiger partial charge in [-0.25, -0.2) is 4.79 Å². The lowest BCUT2D eigenvalue weighted by Gasteiger charge is -2.35. The van der Waals surface area contributed by atoms with E-state index >= 15 is 0 Å². The third kappa shape index (κ3) is 5.16. The molecule has 5 rings (SSSR count). The number of amides is 4. The molecule has 0 spiro atoms. The van der Waals surface area contributed by atoms with Gasteiger partial charge in [-0.2, -0.15) is 0 Å². The smallest absolute Gasteiger partial charge is 0.328 e. The van der Waals surface area contributed by atoms with E-state index in [1.165, 1.54) is 5.56 Å². The van der Waals surface area contributed by atoms with Gasteiger partial charge in [0.25, 0.3) is 5.91 Å². The molecule has 0 saturated carbocycles. The molecule has 0 bridgehead atoms. The van der Waals surface area contributed by atoms with Gasteiger partial charge in [0.1, 0.15) is 12.6 Å². The summed E-state index contributed by atoms with van der Waals surface area (Å²) in [6, 6.07) is 28.0. The number of hydrogen-bond donors (Lipinski definition) is 0. The first-order valence-electron chi connectivity index (χ1n) is 12.3. The average molecular weight is 483 g/mol. The molecule has 2 heterocycles. The molecule has 0 radical (unpaired) electrons. The zero-order valence-corrected chi connectivity index (χ0v) is 20.2. The molecule has 2 fully saturated rings. The summed E-state index contributed by atoms with van der Waals surface area (Å²) in [4.78, 5) is 46.8. The van der Waals surface area contributed by atoms with Crippen molar-refractivity contribution in [3.63, 3.8) is 0 Å². The second-order valence-corrected chi connectivity index (χ2v) is 9.28. The normalized spacial score (nSPS) is 18.7. The number of piperazine rings is 1. The number of carbonyl (C=O) groups is 3. The molecule has 0 aliphatic carbocycles. The van der Waals surface area contributed by atoms with E-state index in [4.69, 9.17) is 0 Å². The van der Waals surface area contributed by atoms with Crippen molar-refractivity contribution in [2.45, 2.75) is 19.1 Å². The highest BCUT2D eigenvalue weighted by Crippen LogP contribution is 2.32. The number of nitrogens with zero attached hydrogens (tertiary/aromatic N) is 4. The minimum absolute atomic E-state index is 0.190. The SMILES string of the molecule is O=C(CN1C(=O)C(c2ccccc2)N(Cc2ccccc2)C1=O)N1CCN(Cc2ccccc2)CC1. The van der Waals surface area contributed by atoms with Crippen LogP contribution in [0.1, 0.15) is 22.7 Å². The summed E-state index contributed by atoms with van der Waals surface area (Å²) in [6.45, 7) is 3.60. The van der Waals surface area contributed by atoms with Gasteiger partial charge < -0.3 is 9.80 Å².